The Kier molecular flexibility index (Phi) is 6.46. The average Bonchev–Trinajstić information content (AvgIpc) is 2.42. The van der Waals surface area contributed by atoms with Crippen LogP contribution in [0.4, 0.5) is 10.5 Å². The van der Waals surface area contributed by atoms with Crippen molar-refractivity contribution in [2.45, 2.75) is 32.7 Å². The van der Waals surface area contributed by atoms with Gasteiger partial charge in [0.15, 0.2) is 0 Å². The number of rotatable bonds is 7. The van der Waals surface area contributed by atoms with Crippen molar-refractivity contribution in [3.8, 4) is 0 Å². The number of nitrogens with one attached hydrogen (secondary N) is 1. The van der Waals surface area contributed by atoms with Crippen LogP contribution in [0.2, 0.25) is 0 Å². The maximum absolute atomic E-state index is 12.2. The summed E-state index contributed by atoms with van der Waals surface area (Å²) in [4.78, 5) is 24.4. The first-order valence-electron chi connectivity index (χ1n) is 6.93. The number of carbonyl (C=O) groups is 2. The van der Waals surface area contributed by atoms with Gasteiger partial charge >= 0.3 is 12.0 Å². The second-order valence-electron chi connectivity index (χ2n) is 5.06. The summed E-state index contributed by atoms with van der Waals surface area (Å²) in [6, 6.07) is 7.11. The summed E-state index contributed by atoms with van der Waals surface area (Å²) in [5.41, 5.74) is 1.55. The molecule has 0 unspecified atom stereocenters. The third-order valence-corrected chi connectivity index (χ3v) is 3.02. The van der Waals surface area contributed by atoms with Gasteiger partial charge in [-0.05, 0) is 38.0 Å². The molecule has 0 aliphatic carbocycles. The topological polar surface area (TPSA) is 69.6 Å². The van der Waals surface area contributed by atoms with Crippen molar-refractivity contribution >= 4 is 17.7 Å². The molecule has 0 saturated carbocycles. The molecule has 5 nitrogen and oxygen atoms in total. The van der Waals surface area contributed by atoms with Gasteiger partial charge in [0.2, 0.25) is 0 Å². The zero-order valence-electron chi connectivity index (χ0n) is 12.5. The highest BCUT2D eigenvalue weighted by atomic mass is 16.4. The fourth-order valence-electron chi connectivity index (χ4n) is 1.92. The number of carboxylic acids is 1. The van der Waals surface area contributed by atoms with Crippen molar-refractivity contribution in [3.05, 3.63) is 42.5 Å². The summed E-state index contributed by atoms with van der Waals surface area (Å²) in [5.74, 6) is -0.832. The minimum atomic E-state index is -0.832. The fourth-order valence-corrected chi connectivity index (χ4v) is 1.92. The largest absolute Gasteiger partial charge is 0.481 e. The molecule has 0 aromatic heterocycles. The number of aliphatic carboxylic acids is 1. The van der Waals surface area contributed by atoms with Crippen LogP contribution in [-0.2, 0) is 11.2 Å². The van der Waals surface area contributed by atoms with E-state index in [0.29, 0.717) is 18.7 Å². The quantitative estimate of drug-likeness (QED) is 0.758. The molecule has 0 bridgehead atoms. The minimum absolute atomic E-state index is 0.0678. The lowest BCUT2D eigenvalue weighted by Crippen LogP contribution is -2.40. The van der Waals surface area contributed by atoms with E-state index in [1.54, 1.807) is 29.2 Å². The first-order valence-corrected chi connectivity index (χ1v) is 6.93. The molecule has 0 aliphatic heterocycles. The SMILES string of the molecule is C=CCN(C(=O)Nc1cccc(CCC(=O)O)c1)C(C)C. The van der Waals surface area contributed by atoms with Crippen molar-refractivity contribution in [3.63, 3.8) is 0 Å². The Bertz CT molecular complexity index is 512. The van der Waals surface area contributed by atoms with Crippen LogP contribution in [0.1, 0.15) is 25.8 Å². The van der Waals surface area contributed by atoms with E-state index in [1.165, 1.54) is 0 Å². The molecule has 1 aromatic rings. The van der Waals surface area contributed by atoms with Crippen LogP contribution in [0.3, 0.4) is 0 Å². The summed E-state index contributed by atoms with van der Waals surface area (Å²) < 4.78 is 0. The van der Waals surface area contributed by atoms with E-state index in [0.717, 1.165) is 5.56 Å². The van der Waals surface area contributed by atoms with Crippen LogP contribution in [-0.4, -0.2) is 34.6 Å². The fraction of sp³-hybridized carbons (Fsp3) is 0.375. The molecule has 114 valence electrons. The zero-order chi connectivity index (χ0) is 15.8. The molecule has 0 fully saturated rings. The lowest BCUT2D eigenvalue weighted by atomic mass is 10.1. The van der Waals surface area contributed by atoms with Gasteiger partial charge < -0.3 is 15.3 Å². The van der Waals surface area contributed by atoms with Crippen molar-refractivity contribution in [1.82, 2.24) is 4.90 Å². The lowest BCUT2D eigenvalue weighted by Gasteiger charge is -2.25. The molecule has 0 heterocycles. The Hall–Kier alpha value is -2.30. The first kappa shape index (κ1) is 16.8. The number of carbonyl (C=O) groups excluding carboxylic acids is 1. The minimum Gasteiger partial charge on any atom is -0.481 e. The van der Waals surface area contributed by atoms with E-state index in [-0.39, 0.29) is 18.5 Å². The Morgan fingerprint density at radius 3 is 2.71 bits per heavy atom. The highest BCUT2D eigenvalue weighted by Gasteiger charge is 2.15. The standard InChI is InChI=1S/C16H22N2O3/c1-4-10-18(12(2)3)16(21)17-14-7-5-6-13(11-14)8-9-15(19)20/h4-7,11-12H,1,8-10H2,2-3H3,(H,17,21)(H,19,20). The summed E-state index contributed by atoms with van der Waals surface area (Å²) in [6.45, 7) is 8.00. The van der Waals surface area contributed by atoms with Crippen LogP contribution < -0.4 is 5.32 Å². The number of anilines is 1. The monoisotopic (exact) mass is 290 g/mol. The Balaban J connectivity index is 2.73. The number of benzene rings is 1. The number of hydrogen-bond acceptors (Lipinski definition) is 2. The van der Waals surface area contributed by atoms with E-state index < -0.39 is 5.97 Å². The molecule has 5 heteroatoms. The molecule has 0 atom stereocenters. The number of aryl methyl sites for hydroxylation is 1. The second kappa shape index (κ2) is 8.09. The van der Waals surface area contributed by atoms with Crippen molar-refractivity contribution in [2.24, 2.45) is 0 Å². The summed E-state index contributed by atoms with van der Waals surface area (Å²) in [6.07, 6.45) is 2.20. The molecule has 0 aliphatic rings. The van der Waals surface area contributed by atoms with E-state index in [1.807, 2.05) is 19.9 Å². The highest BCUT2D eigenvalue weighted by molar-refractivity contribution is 5.89. The number of amides is 2. The van der Waals surface area contributed by atoms with Gasteiger partial charge in [-0.3, -0.25) is 4.79 Å². The number of nitrogens with zero attached hydrogens (tertiary/aromatic N) is 1. The van der Waals surface area contributed by atoms with Gasteiger partial charge in [-0.2, -0.15) is 0 Å². The Morgan fingerprint density at radius 2 is 2.14 bits per heavy atom. The zero-order valence-corrected chi connectivity index (χ0v) is 12.5. The summed E-state index contributed by atoms with van der Waals surface area (Å²) in [7, 11) is 0. The molecule has 21 heavy (non-hydrogen) atoms. The van der Waals surface area contributed by atoms with Gasteiger partial charge in [-0.15, -0.1) is 6.58 Å². The Labute approximate surface area is 125 Å². The van der Waals surface area contributed by atoms with Gasteiger partial charge in [-0.25, -0.2) is 4.79 Å². The van der Waals surface area contributed by atoms with Crippen LogP contribution in [0.15, 0.2) is 36.9 Å². The highest BCUT2D eigenvalue weighted by Crippen LogP contribution is 2.14. The molecular formula is C16H22N2O3. The average molecular weight is 290 g/mol. The maximum Gasteiger partial charge on any atom is 0.322 e. The maximum atomic E-state index is 12.2. The van der Waals surface area contributed by atoms with Crippen LogP contribution >= 0.6 is 0 Å². The smallest absolute Gasteiger partial charge is 0.322 e. The molecular weight excluding hydrogens is 268 g/mol. The Morgan fingerprint density at radius 1 is 1.43 bits per heavy atom. The molecule has 0 spiro atoms. The van der Waals surface area contributed by atoms with Gasteiger partial charge in [0.25, 0.3) is 0 Å². The number of urea groups is 1. The summed E-state index contributed by atoms with van der Waals surface area (Å²) >= 11 is 0. The van der Waals surface area contributed by atoms with Gasteiger partial charge in [-0.1, -0.05) is 18.2 Å². The molecule has 2 amide bonds. The lowest BCUT2D eigenvalue weighted by molar-refractivity contribution is -0.136. The molecule has 1 rings (SSSR count). The second-order valence-corrected chi connectivity index (χ2v) is 5.06. The molecule has 2 N–H and O–H groups in total. The van der Waals surface area contributed by atoms with E-state index in [2.05, 4.69) is 11.9 Å². The van der Waals surface area contributed by atoms with E-state index in [4.69, 9.17) is 5.11 Å². The molecule has 0 radical (unpaired) electrons. The number of carboxylic acid groups (broad SMARTS) is 1. The van der Waals surface area contributed by atoms with Crippen molar-refractivity contribution in [2.75, 3.05) is 11.9 Å². The van der Waals surface area contributed by atoms with Gasteiger partial charge in [0.1, 0.15) is 0 Å². The first-order chi connectivity index (χ1) is 9.93. The third-order valence-electron chi connectivity index (χ3n) is 3.02. The van der Waals surface area contributed by atoms with Crippen molar-refractivity contribution in [1.29, 1.82) is 0 Å². The predicted octanol–water partition coefficient (Wildman–Crippen LogP) is 3.13. The van der Waals surface area contributed by atoms with Gasteiger partial charge in [0, 0.05) is 24.7 Å². The van der Waals surface area contributed by atoms with Crippen LogP contribution in [0.5, 0.6) is 0 Å². The van der Waals surface area contributed by atoms with Crippen LogP contribution in [0.25, 0.3) is 0 Å². The van der Waals surface area contributed by atoms with E-state index >= 15 is 0 Å². The van der Waals surface area contributed by atoms with E-state index in [9.17, 15) is 9.59 Å². The van der Waals surface area contributed by atoms with Crippen molar-refractivity contribution < 1.29 is 14.7 Å². The van der Waals surface area contributed by atoms with Crippen LogP contribution in [0, 0.1) is 0 Å². The summed E-state index contributed by atoms with van der Waals surface area (Å²) in [5, 5.41) is 11.5. The third kappa shape index (κ3) is 5.69. The number of hydrogen-bond donors (Lipinski definition) is 2. The predicted molar refractivity (Wildman–Crippen MR) is 83.5 cm³/mol. The normalized spacial score (nSPS) is 10.2. The van der Waals surface area contributed by atoms with Gasteiger partial charge in [0.05, 0.1) is 0 Å². The molecule has 1 aromatic carbocycles. The molecule has 0 saturated heterocycles.